The van der Waals surface area contributed by atoms with Crippen LogP contribution in [0.4, 0.5) is 22.7 Å². The lowest BCUT2D eigenvalue weighted by Crippen LogP contribution is -2.51. The van der Waals surface area contributed by atoms with E-state index in [1.54, 1.807) is 23.1 Å². The summed E-state index contributed by atoms with van der Waals surface area (Å²) in [6.07, 6.45) is 6.91. The summed E-state index contributed by atoms with van der Waals surface area (Å²) in [6, 6.07) is 21.8. The number of para-hydroxylation sites is 4. The Morgan fingerprint density at radius 1 is 0.667 bits per heavy atom. The molecule has 4 amide bonds. The Bertz CT molecular complexity index is 1860. The number of hydrogen-bond acceptors (Lipinski definition) is 6. The Morgan fingerprint density at radius 3 is 1.78 bits per heavy atom. The summed E-state index contributed by atoms with van der Waals surface area (Å²) in [5.74, 6) is -0.0156. The topological polar surface area (TPSA) is 96.5 Å². The van der Waals surface area contributed by atoms with E-state index in [-0.39, 0.29) is 36.2 Å². The van der Waals surface area contributed by atoms with Gasteiger partial charge in [-0.25, -0.2) is 0 Å². The largest absolute Gasteiger partial charge is 0.365 e. The minimum absolute atomic E-state index is 0.0121. The van der Waals surface area contributed by atoms with E-state index in [2.05, 4.69) is 27.2 Å². The van der Waals surface area contributed by atoms with Crippen molar-refractivity contribution in [2.75, 3.05) is 45.8 Å². The lowest BCUT2D eigenvalue weighted by atomic mass is 10.1. The van der Waals surface area contributed by atoms with Crippen molar-refractivity contribution in [3.63, 3.8) is 0 Å². The quantitative estimate of drug-likeness (QED) is 0.346. The highest BCUT2D eigenvalue weighted by Gasteiger charge is 2.42. The molecular weight excluding hydrogens is 687 g/mol. The molecule has 0 spiro atoms. The summed E-state index contributed by atoms with van der Waals surface area (Å²) >= 11 is 12.4. The van der Waals surface area contributed by atoms with Gasteiger partial charge in [0.25, 0.3) is 0 Å². The number of hydrogen-bond donors (Lipinski definition) is 1. The summed E-state index contributed by atoms with van der Waals surface area (Å²) < 4.78 is 0. The standard InChI is InChI=1S/C23H23Cl2N3O2.C16H19N3O2/c24-16-5-8-18(25)15(13-16)14-28-21(9-10-22(28)29)23(30)27-12-11-26(17-6-7-17)19-3-1-2-4-20(19)27;20-15-8-7-12(17-15)16(21)19-10-9-18(11-5-6-11)13-3-1-2-4-14(13)19/h1-5,8,13,17,21H,6-7,9-12,14H2;1-4,11-12H,5-10H2,(H,17,20)/t21-;12-/m00/s1. The van der Waals surface area contributed by atoms with Crippen LogP contribution in [0.25, 0.3) is 0 Å². The maximum Gasteiger partial charge on any atom is 0.249 e. The number of carbonyl (C=O) groups is 4. The third-order valence-corrected chi connectivity index (χ3v) is 11.5. The van der Waals surface area contributed by atoms with E-state index in [0.717, 1.165) is 41.4 Å². The molecule has 0 unspecified atom stereocenters. The summed E-state index contributed by atoms with van der Waals surface area (Å²) in [6.45, 7) is 3.35. The molecule has 2 atom stereocenters. The van der Waals surface area contributed by atoms with Crippen molar-refractivity contribution >= 4 is 69.6 Å². The van der Waals surface area contributed by atoms with Crippen LogP contribution in [-0.2, 0) is 25.7 Å². The molecule has 6 aliphatic rings. The van der Waals surface area contributed by atoms with Crippen LogP contribution in [0.1, 0.15) is 56.9 Å². The van der Waals surface area contributed by atoms with Crippen molar-refractivity contribution in [2.24, 2.45) is 0 Å². The maximum atomic E-state index is 13.6. The molecule has 51 heavy (non-hydrogen) atoms. The average Bonchev–Trinajstić information content (AvgIpc) is 4.09. The molecule has 9 rings (SSSR count). The fourth-order valence-electron chi connectivity index (χ4n) is 7.96. The number of rotatable bonds is 6. The molecule has 2 saturated carbocycles. The lowest BCUT2D eigenvalue weighted by Gasteiger charge is -2.39. The predicted octanol–water partition coefficient (Wildman–Crippen LogP) is 5.78. The van der Waals surface area contributed by atoms with Gasteiger partial charge in [-0.15, -0.1) is 0 Å². The van der Waals surface area contributed by atoms with E-state index >= 15 is 0 Å². The van der Waals surface area contributed by atoms with E-state index in [1.807, 2.05) is 46.2 Å². The summed E-state index contributed by atoms with van der Waals surface area (Å²) in [4.78, 5) is 60.5. The van der Waals surface area contributed by atoms with Gasteiger partial charge in [0.15, 0.2) is 0 Å². The van der Waals surface area contributed by atoms with Crippen LogP contribution in [-0.4, -0.2) is 78.9 Å². The minimum Gasteiger partial charge on any atom is -0.365 e. The molecule has 0 bridgehead atoms. The Morgan fingerprint density at radius 2 is 1.24 bits per heavy atom. The SMILES string of the molecule is O=C([C@@H]1CCC(=O)N1Cc1cc(Cl)ccc1Cl)N1CCN(C2CC2)c2ccccc21.O=C1CC[C@@H](C(=O)N2CCN(C3CC3)c3ccccc32)N1. The van der Waals surface area contributed by atoms with Gasteiger partial charge in [0.2, 0.25) is 23.6 Å². The highest BCUT2D eigenvalue weighted by molar-refractivity contribution is 6.33. The predicted molar refractivity (Wildman–Crippen MR) is 200 cm³/mol. The summed E-state index contributed by atoms with van der Waals surface area (Å²) in [5.41, 5.74) is 4.97. The zero-order chi connectivity index (χ0) is 35.2. The van der Waals surface area contributed by atoms with Gasteiger partial charge in [-0.3, -0.25) is 19.2 Å². The second-order valence-electron chi connectivity index (χ2n) is 14.3. The Labute approximate surface area is 308 Å². The first-order valence-electron chi connectivity index (χ1n) is 18.1. The van der Waals surface area contributed by atoms with Gasteiger partial charge in [0.1, 0.15) is 12.1 Å². The normalized spacial score (nSPS) is 22.7. The number of likely N-dealkylation sites (tertiary alicyclic amines) is 1. The van der Waals surface area contributed by atoms with E-state index in [4.69, 9.17) is 23.2 Å². The second kappa shape index (κ2) is 14.0. The van der Waals surface area contributed by atoms with Gasteiger partial charge >= 0.3 is 0 Å². The molecule has 266 valence electrons. The van der Waals surface area contributed by atoms with Gasteiger partial charge in [-0.2, -0.15) is 0 Å². The Hall–Kier alpha value is -4.28. The monoisotopic (exact) mass is 728 g/mol. The molecule has 2 saturated heterocycles. The first-order chi connectivity index (χ1) is 24.8. The number of nitrogens with one attached hydrogen (secondary N) is 1. The van der Waals surface area contributed by atoms with Gasteiger partial charge in [-0.1, -0.05) is 47.5 Å². The summed E-state index contributed by atoms with van der Waals surface area (Å²) in [7, 11) is 0. The average molecular weight is 730 g/mol. The zero-order valence-electron chi connectivity index (χ0n) is 28.5. The lowest BCUT2D eigenvalue weighted by molar-refractivity contribution is -0.134. The first-order valence-corrected chi connectivity index (χ1v) is 18.9. The number of anilines is 4. The number of benzene rings is 3. The third kappa shape index (κ3) is 6.88. The van der Waals surface area contributed by atoms with E-state index in [9.17, 15) is 19.2 Å². The number of carbonyl (C=O) groups excluding carboxylic acids is 4. The number of nitrogens with zero attached hydrogens (tertiary/aromatic N) is 5. The molecule has 3 aromatic rings. The molecule has 0 radical (unpaired) electrons. The fourth-order valence-corrected chi connectivity index (χ4v) is 8.33. The van der Waals surface area contributed by atoms with E-state index in [1.165, 1.54) is 25.7 Å². The van der Waals surface area contributed by atoms with Crippen molar-refractivity contribution in [2.45, 2.75) is 82.1 Å². The van der Waals surface area contributed by atoms with Crippen LogP contribution in [0.15, 0.2) is 66.7 Å². The molecule has 4 fully saturated rings. The molecule has 4 heterocycles. The number of amides is 4. The van der Waals surface area contributed by atoms with Crippen molar-refractivity contribution in [3.8, 4) is 0 Å². The molecule has 3 aromatic carbocycles. The van der Waals surface area contributed by atoms with Crippen molar-refractivity contribution in [1.29, 1.82) is 0 Å². The second-order valence-corrected chi connectivity index (χ2v) is 15.1. The van der Waals surface area contributed by atoms with Crippen LogP contribution >= 0.6 is 23.2 Å². The highest BCUT2D eigenvalue weighted by Crippen LogP contribution is 2.42. The number of halogens is 2. The highest BCUT2D eigenvalue weighted by atomic mass is 35.5. The van der Waals surface area contributed by atoms with Crippen molar-refractivity contribution < 1.29 is 19.2 Å². The van der Waals surface area contributed by atoms with Gasteiger partial charge in [0, 0.05) is 67.7 Å². The molecule has 1 N–H and O–H groups in total. The van der Waals surface area contributed by atoms with E-state index in [0.29, 0.717) is 60.9 Å². The maximum absolute atomic E-state index is 13.6. The number of fused-ring (bicyclic) bond motifs is 2. The van der Waals surface area contributed by atoms with Crippen LogP contribution < -0.4 is 24.9 Å². The molecule has 0 aromatic heterocycles. The molecular formula is C39H42Cl2N6O4. The molecule has 10 nitrogen and oxygen atoms in total. The molecule has 2 aliphatic carbocycles. The smallest absolute Gasteiger partial charge is 0.249 e. The van der Waals surface area contributed by atoms with Gasteiger partial charge in [-0.05, 0) is 86.6 Å². The minimum atomic E-state index is -0.479. The first kappa shape index (κ1) is 33.8. The molecule has 12 heteroatoms. The zero-order valence-corrected chi connectivity index (χ0v) is 30.0. The van der Waals surface area contributed by atoms with Crippen LogP contribution in [0, 0.1) is 0 Å². The molecule has 4 aliphatic heterocycles. The van der Waals surface area contributed by atoms with Crippen LogP contribution in [0.2, 0.25) is 10.0 Å². The van der Waals surface area contributed by atoms with E-state index < -0.39 is 6.04 Å². The summed E-state index contributed by atoms with van der Waals surface area (Å²) in [5, 5.41) is 3.90. The Balaban J connectivity index is 0.000000156. The van der Waals surface area contributed by atoms with Crippen molar-refractivity contribution in [3.05, 3.63) is 82.3 Å². The Kier molecular flexibility index (Phi) is 9.31. The van der Waals surface area contributed by atoms with Crippen molar-refractivity contribution in [1.82, 2.24) is 10.2 Å². The van der Waals surface area contributed by atoms with Crippen LogP contribution in [0.3, 0.4) is 0 Å². The third-order valence-electron chi connectivity index (χ3n) is 10.9. The van der Waals surface area contributed by atoms with Gasteiger partial charge < -0.3 is 29.8 Å². The van der Waals surface area contributed by atoms with Gasteiger partial charge in [0.05, 0.1) is 22.7 Å². The van der Waals surface area contributed by atoms with Crippen LogP contribution in [0.5, 0.6) is 0 Å². The fraction of sp³-hybridized carbons (Fsp3) is 0.436.